The van der Waals surface area contributed by atoms with Crippen LogP contribution in [0.5, 0.6) is 0 Å². The van der Waals surface area contributed by atoms with Crippen molar-refractivity contribution >= 4 is 40.1 Å². The molecule has 9 heteroatoms. The van der Waals surface area contributed by atoms with E-state index in [1.165, 1.54) is 28.7 Å². The average molecular weight is 421 g/mol. The van der Waals surface area contributed by atoms with E-state index in [-0.39, 0.29) is 17.8 Å². The molecule has 0 bridgehead atoms. The van der Waals surface area contributed by atoms with E-state index in [9.17, 15) is 9.59 Å². The van der Waals surface area contributed by atoms with E-state index < -0.39 is 0 Å². The minimum atomic E-state index is -0.210. The van der Waals surface area contributed by atoms with Crippen LogP contribution >= 0.6 is 23.1 Å². The Kier molecular flexibility index (Phi) is 7.67. The van der Waals surface area contributed by atoms with Crippen molar-refractivity contribution in [3.8, 4) is 0 Å². The summed E-state index contributed by atoms with van der Waals surface area (Å²) in [6.07, 6.45) is 1.61. The van der Waals surface area contributed by atoms with E-state index in [1.807, 2.05) is 30.3 Å². The van der Waals surface area contributed by atoms with Crippen molar-refractivity contribution in [3.05, 3.63) is 35.9 Å². The van der Waals surface area contributed by atoms with Crippen LogP contribution in [0.3, 0.4) is 0 Å². The molecule has 7 nitrogen and oxygen atoms in total. The van der Waals surface area contributed by atoms with E-state index in [0.29, 0.717) is 32.0 Å². The highest BCUT2D eigenvalue weighted by molar-refractivity contribution is 8.01. The third kappa shape index (κ3) is 5.93. The Morgan fingerprint density at radius 3 is 2.93 bits per heavy atom. The molecule has 1 atom stereocenters. The summed E-state index contributed by atoms with van der Waals surface area (Å²) < 4.78 is 5.84. The molecule has 28 heavy (non-hydrogen) atoms. The molecule has 1 amide bonds. The number of piperidine rings is 1. The zero-order valence-electron chi connectivity index (χ0n) is 15.8. The Morgan fingerprint density at radius 2 is 2.14 bits per heavy atom. The third-order valence-electron chi connectivity index (χ3n) is 4.41. The van der Waals surface area contributed by atoms with Gasteiger partial charge in [-0.3, -0.25) is 9.59 Å². The van der Waals surface area contributed by atoms with Crippen LogP contribution in [0, 0.1) is 5.92 Å². The van der Waals surface area contributed by atoms with Crippen LogP contribution in [0.2, 0.25) is 0 Å². The lowest BCUT2D eigenvalue weighted by Crippen LogP contribution is -2.43. The molecule has 3 rings (SSSR count). The number of aromatic nitrogens is 2. The number of amides is 1. The predicted molar refractivity (Wildman–Crippen MR) is 110 cm³/mol. The summed E-state index contributed by atoms with van der Waals surface area (Å²) in [5.41, 5.74) is 1.17. The maximum Gasteiger partial charge on any atom is 0.310 e. The standard InChI is InChI=1S/C19H24N4O3S2/c1-2-26-17(25)15-9-6-10-23(12-15)16(24)13-27-19-22-21-18(28-19)20-11-14-7-4-3-5-8-14/h3-5,7-8,15H,2,6,9-13H2,1H3,(H,20,21)/t15-/m1/s1. The first-order valence-electron chi connectivity index (χ1n) is 9.34. The number of likely N-dealkylation sites (tertiary alicyclic amines) is 1. The van der Waals surface area contributed by atoms with Gasteiger partial charge < -0.3 is 15.0 Å². The van der Waals surface area contributed by atoms with Gasteiger partial charge >= 0.3 is 5.97 Å². The molecule has 1 aromatic heterocycles. The molecule has 0 unspecified atom stereocenters. The highest BCUT2D eigenvalue weighted by atomic mass is 32.2. The van der Waals surface area contributed by atoms with Gasteiger partial charge in [0.2, 0.25) is 11.0 Å². The second-order valence-corrected chi connectivity index (χ2v) is 8.63. The van der Waals surface area contributed by atoms with Crippen molar-refractivity contribution in [3.63, 3.8) is 0 Å². The summed E-state index contributed by atoms with van der Waals surface area (Å²) in [6.45, 7) is 3.98. The molecule has 1 aliphatic heterocycles. The zero-order chi connectivity index (χ0) is 19.8. The van der Waals surface area contributed by atoms with Crippen LogP contribution in [0.25, 0.3) is 0 Å². The largest absolute Gasteiger partial charge is 0.466 e. The van der Waals surface area contributed by atoms with Crippen molar-refractivity contribution < 1.29 is 14.3 Å². The Hall–Kier alpha value is -2.13. The number of rotatable bonds is 8. The van der Waals surface area contributed by atoms with Crippen molar-refractivity contribution in [2.75, 3.05) is 30.8 Å². The first kappa shape index (κ1) is 20.6. The van der Waals surface area contributed by atoms with Crippen molar-refractivity contribution in [2.45, 2.75) is 30.6 Å². The number of nitrogens with zero attached hydrogens (tertiary/aromatic N) is 3. The molecule has 2 aromatic rings. The average Bonchev–Trinajstić information content (AvgIpc) is 3.19. The number of ether oxygens (including phenoxy) is 1. The summed E-state index contributed by atoms with van der Waals surface area (Å²) >= 11 is 2.82. The molecule has 0 spiro atoms. The van der Waals surface area contributed by atoms with Gasteiger partial charge in [0.05, 0.1) is 18.3 Å². The minimum Gasteiger partial charge on any atom is -0.466 e. The fourth-order valence-corrected chi connectivity index (χ4v) is 4.63. The lowest BCUT2D eigenvalue weighted by Gasteiger charge is -2.31. The number of carbonyl (C=O) groups excluding carboxylic acids is 2. The summed E-state index contributed by atoms with van der Waals surface area (Å²) in [6, 6.07) is 10.1. The molecule has 1 saturated heterocycles. The topological polar surface area (TPSA) is 84.4 Å². The van der Waals surface area contributed by atoms with Crippen molar-refractivity contribution in [2.24, 2.45) is 5.92 Å². The van der Waals surface area contributed by atoms with Gasteiger partial charge in [-0.2, -0.15) is 0 Å². The summed E-state index contributed by atoms with van der Waals surface area (Å²) in [4.78, 5) is 26.2. The van der Waals surface area contributed by atoms with Crippen molar-refractivity contribution in [1.29, 1.82) is 0 Å². The quantitative estimate of drug-likeness (QED) is 0.519. The first-order valence-corrected chi connectivity index (χ1v) is 11.1. The normalized spacial score (nSPS) is 16.6. The monoisotopic (exact) mass is 420 g/mol. The van der Waals surface area contributed by atoms with Crippen LogP contribution in [0.1, 0.15) is 25.3 Å². The van der Waals surface area contributed by atoms with Crippen LogP contribution in [0.4, 0.5) is 5.13 Å². The number of hydrogen-bond acceptors (Lipinski definition) is 8. The number of nitrogens with one attached hydrogen (secondary N) is 1. The zero-order valence-corrected chi connectivity index (χ0v) is 17.4. The maximum atomic E-state index is 12.5. The fraction of sp³-hybridized carbons (Fsp3) is 0.474. The van der Waals surface area contributed by atoms with Gasteiger partial charge in [0, 0.05) is 19.6 Å². The lowest BCUT2D eigenvalue weighted by molar-refractivity contribution is -0.151. The summed E-state index contributed by atoms with van der Waals surface area (Å²) in [5, 5.41) is 12.2. The van der Waals surface area contributed by atoms with Crippen LogP contribution in [0.15, 0.2) is 34.7 Å². The molecule has 2 heterocycles. The number of thioether (sulfide) groups is 1. The number of hydrogen-bond donors (Lipinski definition) is 1. The van der Waals surface area contributed by atoms with Gasteiger partial charge in [-0.15, -0.1) is 10.2 Å². The Labute approximate surface area is 172 Å². The van der Waals surface area contributed by atoms with Gasteiger partial charge in [-0.25, -0.2) is 0 Å². The van der Waals surface area contributed by atoms with E-state index in [0.717, 1.165) is 22.3 Å². The van der Waals surface area contributed by atoms with E-state index in [2.05, 4.69) is 15.5 Å². The minimum absolute atomic E-state index is 0.0213. The number of benzene rings is 1. The molecule has 1 aliphatic rings. The Bertz CT molecular complexity index is 784. The van der Waals surface area contributed by atoms with E-state index in [1.54, 1.807) is 11.8 Å². The molecule has 150 valence electrons. The van der Waals surface area contributed by atoms with Gasteiger partial charge in [0.1, 0.15) is 0 Å². The first-order chi connectivity index (χ1) is 13.7. The summed E-state index contributed by atoms with van der Waals surface area (Å²) in [5.74, 6) is -0.0973. The van der Waals surface area contributed by atoms with Gasteiger partial charge in [-0.05, 0) is 25.3 Å². The maximum absolute atomic E-state index is 12.5. The fourth-order valence-electron chi connectivity index (χ4n) is 2.98. The molecule has 1 fully saturated rings. The molecule has 1 N–H and O–H groups in total. The van der Waals surface area contributed by atoms with Crippen LogP contribution in [-0.4, -0.2) is 52.4 Å². The molecule has 0 aliphatic carbocycles. The van der Waals surface area contributed by atoms with E-state index >= 15 is 0 Å². The van der Waals surface area contributed by atoms with E-state index in [4.69, 9.17) is 4.74 Å². The third-order valence-corrected chi connectivity index (χ3v) is 6.41. The molecule has 0 radical (unpaired) electrons. The van der Waals surface area contributed by atoms with Gasteiger partial charge in [0.15, 0.2) is 4.34 Å². The highest BCUT2D eigenvalue weighted by Gasteiger charge is 2.29. The van der Waals surface area contributed by atoms with Crippen LogP contribution in [-0.2, 0) is 20.9 Å². The van der Waals surface area contributed by atoms with Gasteiger partial charge in [0.25, 0.3) is 0 Å². The van der Waals surface area contributed by atoms with Gasteiger partial charge in [-0.1, -0.05) is 53.4 Å². The predicted octanol–water partition coefficient (Wildman–Crippen LogP) is 3.04. The number of anilines is 1. The lowest BCUT2D eigenvalue weighted by atomic mass is 9.98. The van der Waals surface area contributed by atoms with Crippen LogP contribution < -0.4 is 5.32 Å². The molecular formula is C19H24N4O3S2. The van der Waals surface area contributed by atoms with Crippen molar-refractivity contribution in [1.82, 2.24) is 15.1 Å². The second-order valence-electron chi connectivity index (χ2n) is 6.43. The smallest absolute Gasteiger partial charge is 0.310 e. The SMILES string of the molecule is CCOC(=O)[C@@H]1CCCN(C(=O)CSc2nnc(NCc3ccccc3)s2)C1. The number of carbonyl (C=O) groups is 2. The Morgan fingerprint density at radius 1 is 1.32 bits per heavy atom. The molecule has 0 saturated carbocycles. The summed E-state index contributed by atoms with van der Waals surface area (Å²) in [7, 11) is 0. The molecular weight excluding hydrogens is 396 g/mol. The highest BCUT2D eigenvalue weighted by Crippen LogP contribution is 2.27. The Balaban J connectivity index is 1.44. The second kappa shape index (κ2) is 10.4. The molecule has 1 aromatic carbocycles. The number of esters is 1.